The lowest BCUT2D eigenvalue weighted by molar-refractivity contribution is -0.125. The number of aryl methyl sites for hydroxylation is 1. The molecule has 1 N–H and O–H groups in total. The maximum absolute atomic E-state index is 13.6. The van der Waals surface area contributed by atoms with Gasteiger partial charge >= 0.3 is 0 Å². The summed E-state index contributed by atoms with van der Waals surface area (Å²) in [4.78, 5) is 13.6. The van der Waals surface area contributed by atoms with Crippen molar-refractivity contribution < 1.29 is 9.53 Å². The first kappa shape index (κ1) is 20.6. The van der Waals surface area contributed by atoms with E-state index in [4.69, 9.17) is 16.3 Å². The summed E-state index contributed by atoms with van der Waals surface area (Å²) < 4.78 is 5.33. The Bertz CT molecular complexity index is 898. The SMILES string of the molecule is COCC1CCC2(CC1)NCC(c1c(C)ccc(-c3ccc(Cl)cc3)c1C)C2=O. The van der Waals surface area contributed by atoms with Crippen LogP contribution in [0.5, 0.6) is 0 Å². The summed E-state index contributed by atoms with van der Waals surface area (Å²) in [6.45, 7) is 5.82. The molecule has 1 saturated carbocycles. The standard InChI is InChI=1S/C25H30ClNO2/c1-16-4-9-21(19-5-7-20(26)8-6-19)17(2)23(16)22-14-27-25(24(22)28)12-10-18(11-13-25)15-29-3/h4-9,18,22,27H,10-15H2,1-3H3. The second kappa shape index (κ2) is 8.22. The van der Waals surface area contributed by atoms with Gasteiger partial charge in [0.1, 0.15) is 0 Å². The van der Waals surface area contributed by atoms with E-state index in [-0.39, 0.29) is 11.5 Å². The van der Waals surface area contributed by atoms with E-state index >= 15 is 0 Å². The van der Waals surface area contributed by atoms with E-state index < -0.39 is 0 Å². The van der Waals surface area contributed by atoms with E-state index in [1.54, 1.807) is 7.11 Å². The first-order chi connectivity index (χ1) is 13.9. The highest BCUT2D eigenvalue weighted by atomic mass is 35.5. The molecule has 1 saturated heterocycles. The summed E-state index contributed by atoms with van der Waals surface area (Å²) in [5.41, 5.74) is 5.58. The number of hydrogen-bond acceptors (Lipinski definition) is 3. The molecule has 29 heavy (non-hydrogen) atoms. The number of rotatable bonds is 4. The molecule has 0 bridgehead atoms. The number of hydrogen-bond donors (Lipinski definition) is 1. The van der Waals surface area contributed by atoms with Crippen LogP contribution in [0.2, 0.25) is 5.02 Å². The van der Waals surface area contributed by atoms with Gasteiger partial charge in [-0.1, -0.05) is 35.9 Å². The Labute approximate surface area is 178 Å². The van der Waals surface area contributed by atoms with Crippen molar-refractivity contribution in [2.45, 2.75) is 51.0 Å². The van der Waals surface area contributed by atoms with Crippen LogP contribution in [-0.4, -0.2) is 31.6 Å². The van der Waals surface area contributed by atoms with Crippen LogP contribution in [0.15, 0.2) is 36.4 Å². The summed E-state index contributed by atoms with van der Waals surface area (Å²) >= 11 is 6.07. The van der Waals surface area contributed by atoms with E-state index in [0.717, 1.165) is 49.4 Å². The number of ether oxygens (including phenoxy) is 1. The third-order valence-corrected chi connectivity index (χ3v) is 7.28. The Hall–Kier alpha value is -1.68. The Morgan fingerprint density at radius 3 is 2.45 bits per heavy atom. The van der Waals surface area contributed by atoms with Crippen molar-refractivity contribution in [2.24, 2.45) is 5.92 Å². The number of nitrogens with one attached hydrogen (secondary N) is 1. The number of carbonyl (C=O) groups is 1. The quantitative estimate of drug-likeness (QED) is 0.726. The van der Waals surface area contributed by atoms with Crippen LogP contribution in [0.1, 0.15) is 48.3 Å². The monoisotopic (exact) mass is 411 g/mol. The third kappa shape index (κ3) is 3.76. The Morgan fingerprint density at radius 1 is 1.10 bits per heavy atom. The van der Waals surface area contributed by atoms with Crippen LogP contribution in [0.4, 0.5) is 0 Å². The number of ketones is 1. The average molecular weight is 412 g/mol. The Kier molecular flexibility index (Phi) is 5.83. The molecule has 0 amide bonds. The third-order valence-electron chi connectivity index (χ3n) is 7.03. The summed E-state index contributed by atoms with van der Waals surface area (Å²) in [5.74, 6) is 0.894. The first-order valence-electron chi connectivity index (χ1n) is 10.6. The molecule has 4 heteroatoms. The molecule has 0 aromatic heterocycles. The number of Topliss-reactive ketones (excluding diaryl/α,β-unsaturated/α-hetero) is 1. The zero-order valence-corrected chi connectivity index (χ0v) is 18.3. The van der Waals surface area contributed by atoms with Crippen LogP contribution in [0.3, 0.4) is 0 Å². The van der Waals surface area contributed by atoms with Crippen molar-refractivity contribution in [2.75, 3.05) is 20.3 Å². The largest absolute Gasteiger partial charge is 0.384 e. The van der Waals surface area contributed by atoms with E-state index in [1.807, 2.05) is 12.1 Å². The maximum Gasteiger partial charge on any atom is 0.161 e. The molecule has 1 heterocycles. The molecule has 1 unspecified atom stereocenters. The number of carbonyl (C=O) groups excluding carboxylic acids is 1. The van der Waals surface area contributed by atoms with Gasteiger partial charge in [-0.15, -0.1) is 0 Å². The van der Waals surface area contributed by atoms with Gasteiger partial charge < -0.3 is 10.1 Å². The molecule has 1 spiro atoms. The summed E-state index contributed by atoms with van der Waals surface area (Å²) in [6.07, 6.45) is 3.96. The number of halogens is 1. The smallest absolute Gasteiger partial charge is 0.161 e. The van der Waals surface area contributed by atoms with Gasteiger partial charge in [-0.3, -0.25) is 4.79 Å². The predicted molar refractivity (Wildman–Crippen MR) is 119 cm³/mol. The van der Waals surface area contributed by atoms with Gasteiger partial charge in [-0.25, -0.2) is 0 Å². The second-order valence-corrected chi connectivity index (χ2v) is 9.19. The summed E-state index contributed by atoms with van der Waals surface area (Å²) in [7, 11) is 1.76. The topological polar surface area (TPSA) is 38.3 Å². The molecule has 1 aliphatic heterocycles. The molecule has 2 fully saturated rings. The fourth-order valence-corrected chi connectivity index (χ4v) is 5.51. The normalized spacial score (nSPS) is 27.0. The van der Waals surface area contributed by atoms with Gasteiger partial charge in [-0.2, -0.15) is 0 Å². The van der Waals surface area contributed by atoms with E-state index in [2.05, 4.69) is 43.4 Å². The van der Waals surface area contributed by atoms with Crippen molar-refractivity contribution in [3.05, 3.63) is 58.1 Å². The molecule has 1 atom stereocenters. The van der Waals surface area contributed by atoms with Crippen LogP contribution >= 0.6 is 11.6 Å². The fourth-order valence-electron chi connectivity index (χ4n) is 5.38. The average Bonchev–Trinajstić information content (AvgIpc) is 3.01. The molecular formula is C25H30ClNO2. The molecule has 0 radical (unpaired) electrons. The second-order valence-electron chi connectivity index (χ2n) is 8.75. The molecule has 4 rings (SSSR count). The molecule has 154 valence electrons. The van der Waals surface area contributed by atoms with Gasteiger partial charge in [0.05, 0.1) is 11.5 Å². The van der Waals surface area contributed by atoms with Crippen molar-refractivity contribution in [1.82, 2.24) is 5.32 Å². The van der Waals surface area contributed by atoms with Gasteiger partial charge in [-0.05, 0) is 85.4 Å². The fraction of sp³-hybridized carbons (Fsp3) is 0.480. The lowest BCUT2D eigenvalue weighted by Crippen LogP contribution is -2.48. The van der Waals surface area contributed by atoms with Crippen LogP contribution < -0.4 is 5.32 Å². The van der Waals surface area contributed by atoms with Crippen LogP contribution in [0, 0.1) is 19.8 Å². The van der Waals surface area contributed by atoms with Crippen molar-refractivity contribution in [1.29, 1.82) is 0 Å². The molecule has 2 aromatic carbocycles. The minimum absolute atomic E-state index is 0.0683. The van der Waals surface area contributed by atoms with Crippen molar-refractivity contribution in [3.63, 3.8) is 0 Å². The zero-order valence-electron chi connectivity index (χ0n) is 17.6. The lowest BCUT2D eigenvalue weighted by Gasteiger charge is -2.36. The van der Waals surface area contributed by atoms with Crippen molar-refractivity contribution >= 4 is 17.4 Å². The highest BCUT2D eigenvalue weighted by Crippen LogP contribution is 2.43. The molecule has 3 nitrogen and oxygen atoms in total. The number of benzene rings is 2. The lowest BCUT2D eigenvalue weighted by atomic mass is 9.72. The van der Waals surface area contributed by atoms with Crippen LogP contribution in [-0.2, 0) is 9.53 Å². The molecule has 2 aromatic rings. The Morgan fingerprint density at radius 2 is 1.79 bits per heavy atom. The van der Waals surface area contributed by atoms with E-state index in [1.165, 1.54) is 22.3 Å². The van der Waals surface area contributed by atoms with Crippen molar-refractivity contribution in [3.8, 4) is 11.1 Å². The highest BCUT2D eigenvalue weighted by Gasteiger charge is 2.49. The molecular weight excluding hydrogens is 382 g/mol. The zero-order chi connectivity index (χ0) is 20.6. The maximum atomic E-state index is 13.6. The summed E-state index contributed by atoms with van der Waals surface area (Å²) in [6, 6.07) is 12.3. The van der Waals surface area contributed by atoms with E-state index in [9.17, 15) is 4.79 Å². The molecule has 1 aliphatic carbocycles. The van der Waals surface area contributed by atoms with Crippen LogP contribution in [0.25, 0.3) is 11.1 Å². The minimum Gasteiger partial charge on any atom is -0.384 e. The minimum atomic E-state index is -0.343. The first-order valence-corrected chi connectivity index (χ1v) is 11.0. The van der Waals surface area contributed by atoms with Gasteiger partial charge in [0.25, 0.3) is 0 Å². The summed E-state index contributed by atoms with van der Waals surface area (Å²) in [5, 5.41) is 4.38. The van der Waals surface area contributed by atoms with Gasteiger partial charge in [0.2, 0.25) is 0 Å². The Balaban J connectivity index is 1.63. The van der Waals surface area contributed by atoms with Gasteiger partial charge in [0.15, 0.2) is 5.78 Å². The van der Waals surface area contributed by atoms with E-state index in [0.29, 0.717) is 11.7 Å². The van der Waals surface area contributed by atoms with Gasteiger partial charge in [0, 0.05) is 25.3 Å². The molecule has 2 aliphatic rings. The highest BCUT2D eigenvalue weighted by molar-refractivity contribution is 6.30. The predicted octanol–water partition coefficient (Wildman–Crippen LogP) is 5.46. The number of methoxy groups -OCH3 is 1.